The molecule has 1 aromatic rings. The highest BCUT2D eigenvalue weighted by atomic mass is 35.7. The van der Waals surface area contributed by atoms with E-state index in [1.54, 1.807) is 12.1 Å². The van der Waals surface area contributed by atoms with E-state index in [1.165, 1.54) is 0 Å². The van der Waals surface area contributed by atoms with Crippen LogP contribution in [0.2, 0.25) is 0 Å². The van der Waals surface area contributed by atoms with Gasteiger partial charge >= 0.3 is 0 Å². The van der Waals surface area contributed by atoms with Gasteiger partial charge in [-0.05, 0) is 17.7 Å². The summed E-state index contributed by atoms with van der Waals surface area (Å²) in [5, 5.41) is 0. The average molecular weight is 320 g/mol. The molecule has 110 valence electrons. The normalized spacial score (nSPS) is 19.2. The van der Waals surface area contributed by atoms with Crippen LogP contribution in [0.5, 0.6) is 11.5 Å². The van der Waals surface area contributed by atoms with Gasteiger partial charge in [0.05, 0.1) is 13.2 Å². The Morgan fingerprint density at radius 3 is 2.65 bits per heavy atom. The fourth-order valence-corrected chi connectivity index (χ4v) is 3.34. The van der Waals surface area contributed by atoms with Crippen LogP contribution >= 0.6 is 10.7 Å². The van der Waals surface area contributed by atoms with E-state index in [0.717, 1.165) is 18.7 Å². The van der Waals surface area contributed by atoms with Crippen molar-refractivity contribution in [2.75, 3.05) is 33.1 Å². The van der Waals surface area contributed by atoms with Crippen molar-refractivity contribution in [3.8, 4) is 11.5 Å². The van der Waals surface area contributed by atoms with Gasteiger partial charge in [0.15, 0.2) is 11.5 Å². The summed E-state index contributed by atoms with van der Waals surface area (Å²) in [5.41, 5.74) is 0.829. The minimum absolute atomic E-state index is 0.00967. The standard InChI is InChI=1S/C12H14ClNO5S/c13-20(15,16)11-6-9(5-10-12(11)19-8-18-10)7-14-1-3-17-4-2-14/h5-6H,1-4,7-8H2. The highest BCUT2D eigenvalue weighted by Crippen LogP contribution is 2.40. The van der Waals surface area contributed by atoms with Crippen molar-refractivity contribution in [1.29, 1.82) is 0 Å². The van der Waals surface area contributed by atoms with Crippen LogP contribution in [0.3, 0.4) is 0 Å². The fraction of sp³-hybridized carbons (Fsp3) is 0.500. The first-order chi connectivity index (χ1) is 9.54. The van der Waals surface area contributed by atoms with Crippen LogP contribution in [-0.4, -0.2) is 46.4 Å². The number of fused-ring (bicyclic) bond motifs is 1. The molecule has 0 spiro atoms. The molecule has 0 saturated carbocycles. The van der Waals surface area contributed by atoms with Crippen LogP contribution in [0.1, 0.15) is 5.56 Å². The number of rotatable bonds is 3. The van der Waals surface area contributed by atoms with Crippen LogP contribution in [0.4, 0.5) is 0 Å². The summed E-state index contributed by atoms with van der Waals surface area (Å²) in [5.74, 6) is 0.626. The van der Waals surface area contributed by atoms with Gasteiger partial charge in [0.1, 0.15) is 4.90 Å². The molecule has 0 aliphatic carbocycles. The summed E-state index contributed by atoms with van der Waals surface area (Å²) in [4.78, 5) is 2.16. The molecule has 2 heterocycles. The highest BCUT2D eigenvalue weighted by molar-refractivity contribution is 8.13. The first kappa shape index (κ1) is 13.9. The zero-order chi connectivity index (χ0) is 14.2. The lowest BCUT2D eigenvalue weighted by molar-refractivity contribution is 0.0341. The first-order valence-electron chi connectivity index (χ1n) is 6.21. The molecule has 0 amide bonds. The lowest BCUT2D eigenvalue weighted by Crippen LogP contribution is -2.35. The Kier molecular flexibility index (Phi) is 3.76. The Balaban J connectivity index is 1.92. The molecule has 0 radical (unpaired) electrons. The molecule has 8 heteroatoms. The summed E-state index contributed by atoms with van der Waals surface area (Å²) >= 11 is 0. The van der Waals surface area contributed by atoms with Crippen molar-refractivity contribution in [2.45, 2.75) is 11.4 Å². The SMILES string of the molecule is O=S(=O)(Cl)c1cc(CN2CCOCC2)cc2c1OCO2. The minimum Gasteiger partial charge on any atom is -0.454 e. The molecule has 2 aliphatic heterocycles. The molecule has 20 heavy (non-hydrogen) atoms. The van der Waals surface area contributed by atoms with Crippen LogP contribution < -0.4 is 9.47 Å². The molecular weight excluding hydrogens is 306 g/mol. The molecule has 0 N–H and O–H groups in total. The zero-order valence-electron chi connectivity index (χ0n) is 10.7. The van der Waals surface area contributed by atoms with Gasteiger partial charge in [0.25, 0.3) is 9.05 Å². The minimum atomic E-state index is -3.87. The van der Waals surface area contributed by atoms with Crippen LogP contribution in [0.25, 0.3) is 0 Å². The van der Waals surface area contributed by atoms with Crippen LogP contribution in [0.15, 0.2) is 17.0 Å². The lowest BCUT2D eigenvalue weighted by atomic mass is 10.2. The topological polar surface area (TPSA) is 65.1 Å². The van der Waals surface area contributed by atoms with Gasteiger partial charge < -0.3 is 14.2 Å². The van der Waals surface area contributed by atoms with Gasteiger partial charge in [-0.25, -0.2) is 8.42 Å². The predicted molar refractivity (Wildman–Crippen MR) is 71.7 cm³/mol. The van der Waals surface area contributed by atoms with E-state index in [4.69, 9.17) is 24.9 Å². The van der Waals surface area contributed by atoms with Crippen molar-refractivity contribution < 1.29 is 22.6 Å². The van der Waals surface area contributed by atoms with Gasteiger partial charge in [-0.2, -0.15) is 0 Å². The van der Waals surface area contributed by atoms with E-state index in [2.05, 4.69) is 4.90 Å². The van der Waals surface area contributed by atoms with Crippen LogP contribution in [-0.2, 0) is 20.3 Å². The number of hydrogen-bond donors (Lipinski definition) is 0. The summed E-state index contributed by atoms with van der Waals surface area (Å²) in [7, 11) is 1.59. The Hall–Kier alpha value is -1.02. The second kappa shape index (κ2) is 5.40. The highest BCUT2D eigenvalue weighted by Gasteiger charge is 2.27. The molecular formula is C12H14ClNO5S. The van der Waals surface area contributed by atoms with Gasteiger partial charge in [0, 0.05) is 30.3 Å². The third kappa shape index (κ3) is 2.85. The molecule has 0 atom stereocenters. The Morgan fingerprint density at radius 2 is 1.95 bits per heavy atom. The number of ether oxygens (including phenoxy) is 3. The Bertz CT molecular complexity index is 613. The predicted octanol–water partition coefficient (Wildman–Crippen LogP) is 1.18. The molecule has 0 unspecified atom stereocenters. The fourth-order valence-electron chi connectivity index (χ4n) is 2.32. The molecule has 3 rings (SSSR count). The Labute approximate surface area is 121 Å². The number of nitrogens with zero attached hydrogens (tertiary/aromatic N) is 1. The largest absolute Gasteiger partial charge is 0.454 e. The molecule has 0 aromatic heterocycles. The molecule has 2 aliphatic rings. The van der Waals surface area contributed by atoms with E-state index >= 15 is 0 Å². The van der Waals surface area contributed by atoms with Crippen molar-refractivity contribution in [2.24, 2.45) is 0 Å². The lowest BCUT2D eigenvalue weighted by Gasteiger charge is -2.26. The maximum Gasteiger partial charge on any atom is 0.265 e. The number of morpholine rings is 1. The van der Waals surface area contributed by atoms with Crippen molar-refractivity contribution in [1.82, 2.24) is 4.90 Å². The van der Waals surface area contributed by atoms with E-state index in [0.29, 0.717) is 25.5 Å². The molecule has 1 saturated heterocycles. The molecule has 0 bridgehead atoms. The van der Waals surface area contributed by atoms with Gasteiger partial charge in [-0.15, -0.1) is 0 Å². The first-order valence-corrected chi connectivity index (χ1v) is 8.52. The van der Waals surface area contributed by atoms with Crippen molar-refractivity contribution in [3.63, 3.8) is 0 Å². The smallest absolute Gasteiger partial charge is 0.265 e. The van der Waals surface area contributed by atoms with Crippen molar-refractivity contribution in [3.05, 3.63) is 17.7 Å². The van der Waals surface area contributed by atoms with Crippen LogP contribution in [0, 0.1) is 0 Å². The number of benzene rings is 1. The summed E-state index contributed by atoms with van der Waals surface area (Å²) in [6.45, 7) is 3.64. The van der Waals surface area contributed by atoms with Gasteiger partial charge in [-0.3, -0.25) is 4.90 Å². The van der Waals surface area contributed by atoms with Gasteiger partial charge in [-0.1, -0.05) is 0 Å². The molecule has 6 nitrogen and oxygen atoms in total. The summed E-state index contributed by atoms with van der Waals surface area (Å²) in [6.07, 6.45) is 0. The van der Waals surface area contributed by atoms with E-state index in [-0.39, 0.29) is 17.4 Å². The maximum absolute atomic E-state index is 11.6. The maximum atomic E-state index is 11.6. The zero-order valence-corrected chi connectivity index (χ0v) is 12.2. The third-order valence-electron chi connectivity index (χ3n) is 3.27. The number of hydrogen-bond acceptors (Lipinski definition) is 6. The van der Waals surface area contributed by atoms with E-state index in [1.807, 2.05) is 0 Å². The molecule has 1 fully saturated rings. The Morgan fingerprint density at radius 1 is 1.20 bits per heavy atom. The van der Waals surface area contributed by atoms with Crippen molar-refractivity contribution >= 4 is 19.7 Å². The molecule has 1 aromatic carbocycles. The summed E-state index contributed by atoms with van der Waals surface area (Å²) < 4.78 is 39.0. The number of halogens is 1. The second-order valence-corrected chi connectivity index (χ2v) is 7.19. The van der Waals surface area contributed by atoms with Gasteiger partial charge in [0.2, 0.25) is 6.79 Å². The average Bonchev–Trinajstić information content (AvgIpc) is 2.86. The van der Waals surface area contributed by atoms with E-state index in [9.17, 15) is 8.42 Å². The van der Waals surface area contributed by atoms with E-state index < -0.39 is 9.05 Å². The summed E-state index contributed by atoms with van der Waals surface area (Å²) in [6, 6.07) is 3.34. The second-order valence-electron chi connectivity index (χ2n) is 4.65. The monoisotopic (exact) mass is 319 g/mol. The third-order valence-corrected chi connectivity index (χ3v) is 4.60. The quantitative estimate of drug-likeness (QED) is 0.779.